The number of rotatable bonds is 2. The zero-order valence-electron chi connectivity index (χ0n) is 9.89. The number of likely N-dealkylation sites (N-methyl/N-ethyl adjacent to an activating group) is 1. The number of hydrogen-bond acceptors (Lipinski definition) is 4. The van der Waals surface area contributed by atoms with Crippen LogP contribution in [0.1, 0.15) is 23.3 Å². The van der Waals surface area contributed by atoms with Gasteiger partial charge in [-0.1, -0.05) is 11.6 Å². The molecule has 1 fully saturated rings. The zero-order chi connectivity index (χ0) is 13.1. The van der Waals surface area contributed by atoms with Gasteiger partial charge in [-0.3, -0.25) is 9.59 Å². The van der Waals surface area contributed by atoms with E-state index in [9.17, 15) is 9.59 Å². The lowest BCUT2D eigenvalue weighted by Crippen LogP contribution is -2.48. The lowest BCUT2D eigenvalue weighted by Gasteiger charge is -2.29. The molecule has 7 heteroatoms. The number of nitrogens with zero attached hydrogens (tertiary/aromatic N) is 3. The van der Waals surface area contributed by atoms with Crippen LogP contribution in [-0.4, -0.2) is 46.3 Å². The van der Waals surface area contributed by atoms with E-state index in [1.54, 1.807) is 11.9 Å². The van der Waals surface area contributed by atoms with Gasteiger partial charge >= 0.3 is 0 Å². The summed E-state index contributed by atoms with van der Waals surface area (Å²) in [7, 11) is 1.72. The van der Waals surface area contributed by atoms with Gasteiger partial charge in [-0.05, 0) is 6.42 Å². The normalized spacial score (nSPS) is 19.8. The quantitative estimate of drug-likeness (QED) is 0.847. The number of amides is 2. The van der Waals surface area contributed by atoms with Crippen LogP contribution in [0.25, 0.3) is 0 Å². The summed E-state index contributed by atoms with van der Waals surface area (Å²) < 4.78 is 0. The predicted molar refractivity (Wildman–Crippen MR) is 65.2 cm³/mol. The number of piperidine rings is 1. The Morgan fingerprint density at radius 3 is 2.89 bits per heavy atom. The fourth-order valence-electron chi connectivity index (χ4n) is 1.82. The van der Waals surface area contributed by atoms with Crippen LogP contribution >= 0.6 is 11.6 Å². The standard InChI is InChI=1S/C11H13ClN4O2/c1-16-6-7(2-3-10(16)17)15-11(18)8-4-14-9(12)5-13-8/h4-5,7H,2-3,6H2,1H3,(H,15,18). The minimum absolute atomic E-state index is 0.0438. The summed E-state index contributed by atoms with van der Waals surface area (Å²) in [6.45, 7) is 0.519. The zero-order valence-corrected chi connectivity index (χ0v) is 10.6. The summed E-state index contributed by atoms with van der Waals surface area (Å²) in [5.41, 5.74) is 0.221. The van der Waals surface area contributed by atoms with Gasteiger partial charge in [-0.2, -0.15) is 0 Å². The van der Waals surface area contributed by atoms with Crippen molar-refractivity contribution in [1.82, 2.24) is 20.2 Å². The number of aromatic nitrogens is 2. The third-order valence-corrected chi connectivity index (χ3v) is 3.01. The van der Waals surface area contributed by atoms with E-state index in [-0.39, 0.29) is 28.7 Å². The van der Waals surface area contributed by atoms with Crippen LogP contribution in [0, 0.1) is 0 Å². The van der Waals surface area contributed by atoms with Crippen LogP contribution in [0.5, 0.6) is 0 Å². The molecule has 0 radical (unpaired) electrons. The van der Waals surface area contributed by atoms with Crippen LogP contribution in [0.4, 0.5) is 0 Å². The van der Waals surface area contributed by atoms with Crippen molar-refractivity contribution in [2.24, 2.45) is 0 Å². The Kier molecular flexibility index (Phi) is 3.76. The van der Waals surface area contributed by atoms with Gasteiger partial charge in [-0.15, -0.1) is 0 Å². The topological polar surface area (TPSA) is 75.2 Å². The molecule has 1 aromatic heterocycles. The van der Waals surface area contributed by atoms with Gasteiger partial charge in [0.25, 0.3) is 5.91 Å². The molecule has 0 bridgehead atoms. The number of nitrogens with one attached hydrogen (secondary N) is 1. The highest BCUT2D eigenvalue weighted by atomic mass is 35.5. The summed E-state index contributed by atoms with van der Waals surface area (Å²) >= 11 is 5.59. The molecule has 0 aromatic carbocycles. The van der Waals surface area contributed by atoms with Crippen LogP contribution < -0.4 is 5.32 Å². The number of halogens is 1. The van der Waals surface area contributed by atoms with Crippen molar-refractivity contribution >= 4 is 23.4 Å². The summed E-state index contributed by atoms with van der Waals surface area (Å²) in [6.07, 6.45) is 3.76. The molecule has 0 spiro atoms. The van der Waals surface area contributed by atoms with Crippen molar-refractivity contribution in [2.75, 3.05) is 13.6 Å². The van der Waals surface area contributed by atoms with Gasteiger partial charge in [0.15, 0.2) is 0 Å². The Hall–Kier alpha value is -1.69. The van der Waals surface area contributed by atoms with Crippen LogP contribution in [0.2, 0.25) is 5.15 Å². The van der Waals surface area contributed by atoms with E-state index in [0.29, 0.717) is 19.4 Å². The highest BCUT2D eigenvalue weighted by molar-refractivity contribution is 6.29. The molecule has 1 saturated heterocycles. The molecule has 2 rings (SSSR count). The van der Waals surface area contributed by atoms with E-state index < -0.39 is 0 Å². The minimum Gasteiger partial charge on any atom is -0.346 e. The molecule has 6 nitrogen and oxygen atoms in total. The van der Waals surface area contributed by atoms with Gasteiger partial charge in [0.05, 0.1) is 12.4 Å². The van der Waals surface area contributed by atoms with Crippen molar-refractivity contribution < 1.29 is 9.59 Å². The Morgan fingerprint density at radius 2 is 2.28 bits per heavy atom. The second-order valence-corrected chi connectivity index (χ2v) is 4.59. The minimum atomic E-state index is -0.299. The van der Waals surface area contributed by atoms with E-state index in [0.717, 1.165) is 0 Å². The Balaban J connectivity index is 1.95. The number of carbonyl (C=O) groups is 2. The molecule has 1 unspecified atom stereocenters. The number of likely N-dealkylation sites (tertiary alicyclic amines) is 1. The third kappa shape index (κ3) is 2.95. The molecule has 18 heavy (non-hydrogen) atoms. The SMILES string of the molecule is CN1CC(NC(=O)c2cnc(Cl)cn2)CCC1=O. The van der Waals surface area contributed by atoms with Gasteiger partial charge in [-0.25, -0.2) is 9.97 Å². The smallest absolute Gasteiger partial charge is 0.271 e. The van der Waals surface area contributed by atoms with Crippen molar-refractivity contribution in [1.29, 1.82) is 0 Å². The van der Waals surface area contributed by atoms with Crippen LogP contribution in [0.15, 0.2) is 12.4 Å². The summed E-state index contributed by atoms with van der Waals surface area (Å²) in [5, 5.41) is 3.07. The third-order valence-electron chi connectivity index (χ3n) is 2.81. The fraction of sp³-hybridized carbons (Fsp3) is 0.455. The van der Waals surface area contributed by atoms with Crippen LogP contribution in [0.3, 0.4) is 0 Å². The first-order chi connectivity index (χ1) is 8.56. The Morgan fingerprint density at radius 1 is 1.50 bits per heavy atom. The van der Waals surface area contributed by atoms with E-state index in [1.165, 1.54) is 12.4 Å². The molecule has 1 atom stereocenters. The Bertz CT molecular complexity index is 463. The van der Waals surface area contributed by atoms with E-state index in [4.69, 9.17) is 11.6 Å². The fourth-order valence-corrected chi connectivity index (χ4v) is 1.92. The molecule has 0 saturated carbocycles. The van der Waals surface area contributed by atoms with Crippen molar-refractivity contribution in [3.63, 3.8) is 0 Å². The molecule has 2 heterocycles. The number of hydrogen-bond donors (Lipinski definition) is 1. The first-order valence-electron chi connectivity index (χ1n) is 5.58. The average molecular weight is 269 g/mol. The maximum Gasteiger partial charge on any atom is 0.271 e. The van der Waals surface area contributed by atoms with E-state index in [2.05, 4.69) is 15.3 Å². The lowest BCUT2D eigenvalue weighted by molar-refractivity contribution is -0.132. The molecule has 1 N–H and O–H groups in total. The van der Waals surface area contributed by atoms with Crippen LogP contribution in [-0.2, 0) is 4.79 Å². The Labute approximate surface area is 109 Å². The summed E-state index contributed by atoms with van der Waals surface area (Å²) in [5.74, 6) is -0.196. The molecule has 96 valence electrons. The largest absolute Gasteiger partial charge is 0.346 e. The van der Waals surface area contributed by atoms with Gasteiger partial charge in [0.2, 0.25) is 5.91 Å². The molecule has 1 aromatic rings. The van der Waals surface area contributed by atoms with Gasteiger partial charge < -0.3 is 10.2 Å². The lowest BCUT2D eigenvalue weighted by atomic mass is 10.1. The average Bonchev–Trinajstić information content (AvgIpc) is 2.34. The van der Waals surface area contributed by atoms with E-state index >= 15 is 0 Å². The highest BCUT2D eigenvalue weighted by Crippen LogP contribution is 2.10. The maximum absolute atomic E-state index is 11.9. The summed E-state index contributed by atoms with van der Waals surface area (Å²) in [4.78, 5) is 32.5. The van der Waals surface area contributed by atoms with E-state index in [1.807, 2.05) is 0 Å². The molecule has 2 amide bonds. The predicted octanol–water partition coefficient (Wildman–Crippen LogP) is 0.481. The molecule has 1 aliphatic rings. The van der Waals surface area contributed by atoms with Gasteiger partial charge in [0.1, 0.15) is 10.8 Å². The first kappa shape index (κ1) is 12.8. The summed E-state index contributed by atoms with van der Waals surface area (Å²) in [6, 6.07) is -0.0438. The second kappa shape index (κ2) is 5.30. The first-order valence-corrected chi connectivity index (χ1v) is 5.96. The van der Waals surface area contributed by atoms with Crippen molar-refractivity contribution in [3.05, 3.63) is 23.2 Å². The number of carbonyl (C=O) groups excluding carboxylic acids is 2. The molecular weight excluding hydrogens is 256 g/mol. The molecule has 0 aliphatic carbocycles. The van der Waals surface area contributed by atoms with Crippen molar-refractivity contribution in [3.8, 4) is 0 Å². The second-order valence-electron chi connectivity index (χ2n) is 4.21. The van der Waals surface area contributed by atoms with Gasteiger partial charge in [0, 0.05) is 26.1 Å². The van der Waals surface area contributed by atoms with Crippen molar-refractivity contribution in [2.45, 2.75) is 18.9 Å². The maximum atomic E-state index is 11.9. The monoisotopic (exact) mass is 268 g/mol. The molecule has 1 aliphatic heterocycles. The highest BCUT2D eigenvalue weighted by Gasteiger charge is 2.24. The molecular formula is C11H13ClN4O2.